The van der Waals surface area contributed by atoms with Gasteiger partial charge in [-0.15, -0.1) is 0 Å². The number of benzene rings is 1. The first-order valence-corrected chi connectivity index (χ1v) is 6.31. The Bertz CT molecular complexity index is 569. The topological polar surface area (TPSA) is 46.1 Å². The minimum Gasteiger partial charge on any atom is -0.352 e. The summed E-state index contributed by atoms with van der Waals surface area (Å²) in [5.41, 5.74) is 0.653. The van der Waals surface area contributed by atoms with Crippen molar-refractivity contribution in [1.29, 1.82) is 0 Å². The van der Waals surface area contributed by atoms with Crippen LogP contribution in [-0.4, -0.2) is 29.3 Å². The molecule has 0 N–H and O–H groups in total. The first kappa shape index (κ1) is 13.8. The molecule has 0 bridgehead atoms. The summed E-state index contributed by atoms with van der Waals surface area (Å²) in [4.78, 5) is 21.5. The van der Waals surface area contributed by atoms with E-state index < -0.39 is 0 Å². The largest absolute Gasteiger partial charge is 0.352 e. The molecule has 0 aliphatic heterocycles. The van der Waals surface area contributed by atoms with E-state index in [0.29, 0.717) is 11.4 Å². The summed E-state index contributed by atoms with van der Waals surface area (Å²) in [6.45, 7) is 0.188. The second-order valence-corrected chi connectivity index (χ2v) is 4.69. The normalized spacial score (nSPS) is 10.3. The Labute approximate surface area is 121 Å². The van der Waals surface area contributed by atoms with Gasteiger partial charge in [0.25, 0.3) is 0 Å². The molecule has 19 heavy (non-hydrogen) atoms. The number of ketones is 1. The highest BCUT2D eigenvalue weighted by atomic mass is 35.5. The van der Waals surface area contributed by atoms with Gasteiger partial charge in [-0.05, 0) is 11.6 Å². The van der Waals surface area contributed by atoms with Crippen LogP contribution < -0.4 is 4.90 Å². The van der Waals surface area contributed by atoms with E-state index in [4.69, 9.17) is 23.2 Å². The highest BCUT2D eigenvalue weighted by Gasteiger charge is 2.12. The van der Waals surface area contributed by atoms with Gasteiger partial charge in [-0.25, -0.2) is 9.97 Å². The number of hydrogen-bond acceptors (Lipinski definition) is 4. The molecule has 0 atom stereocenters. The van der Waals surface area contributed by atoms with Gasteiger partial charge in [0, 0.05) is 18.7 Å². The molecule has 1 aromatic heterocycles. The van der Waals surface area contributed by atoms with Crippen molar-refractivity contribution in [1.82, 2.24) is 9.97 Å². The van der Waals surface area contributed by atoms with E-state index in [1.807, 2.05) is 18.2 Å². The van der Waals surface area contributed by atoms with Gasteiger partial charge >= 0.3 is 0 Å². The molecular weight excluding hydrogens is 285 g/mol. The van der Waals surface area contributed by atoms with Gasteiger partial charge in [-0.1, -0.05) is 41.9 Å². The Morgan fingerprint density at radius 1 is 1.21 bits per heavy atom. The molecule has 1 heterocycles. The van der Waals surface area contributed by atoms with Crippen molar-refractivity contribution in [2.75, 3.05) is 18.5 Å². The minimum absolute atomic E-state index is 0.00560. The summed E-state index contributed by atoms with van der Waals surface area (Å²) < 4.78 is 0. The molecule has 0 fully saturated rings. The fourth-order valence-electron chi connectivity index (χ4n) is 1.59. The molecule has 0 aliphatic carbocycles. The van der Waals surface area contributed by atoms with Gasteiger partial charge in [0.1, 0.15) is 11.0 Å². The molecule has 0 unspecified atom stereocenters. The highest BCUT2D eigenvalue weighted by Crippen LogP contribution is 2.17. The van der Waals surface area contributed by atoms with Crippen molar-refractivity contribution >= 4 is 34.8 Å². The fraction of sp³-hybridized carbons (Fsp3) is 0.154. The van der Waals surface area contributed by atoms with Crippen molar-refractivity contribution in [2.45, 2.75) is 0 Å². The molecule has 0 amide bonds. The molecule has 1 aromatic carbocycles. The number of aromatic nitrogens is 2. The molecule has 2 aromatic rings. The van der Waals surface area contributed by atoms with Crippen LogP contribution in [0.3, 0.4) is 0 Å². The summed E-state index contributed by atoms with van der Waals surface area (Å²) in [6.07, 6.45) is 0. The maximum absolute atomic E-state index is 12.0. The molecular formula is C13H11Cl2N3O. The van der Waals surface area contributed by atoms with E-state index in [9.17, 15) is 4.79 Å². The predicted octanol–water partition coefficient (Wildman–Crippen LogP) is 3.10. The summed E-state index contributed by atoms with van der Waals surface area (Å²) >= 11 is 11.5. The number of hydrogen-bond donors (Lipinski definition) is 0. The molecule has 0 saturated heterocycles. The first-order chi connectivity index (χ1) is 9.06. The van der Waals surface area contributed by atoms with Crippen LogP contribution in [0.4, 0.5) is 5.82 Å². The minimum atomic E-state index is -0.00560. The van der Waals surface area contributed by atoms with Crippen LogP contribution in [0.25, 0.3) is 0 Å². The lowest BCUT2D eigenvalue weighted by atomic mass is 10.1. The number of Topliss-reactive ketones (excluding diaryl/α,β-unsaturated/α-hetero) is 1. The Kier molecular flexibility index (Phi) is 4.35. The van der Waals surface area contributed by atoms with Gasteiger partial charge in [0.15, 0.2) is 5.78 Å². The lowest BCUT2D eigenvalue weighted by Crippen LogP contribution is -2.26. The molecule has 4 nitrogen and oxygen atoms in total. The van der Waals surface area contributed by atoms with Crippen LogP contribution in [-0.2, 0) is 0 Å². The van der Waals surface area contributed by atoms with E-state index in [0.717, 1.165) is 0 Å². The summed E-state index contributed by atoms with van der Waals surface area (Å²) in [5, 5.41) is 0.301. The number of anilines is 1. The smallest absolute Gasteiger partial charge is 0.225 e. The van der Waals surface area contributed by atoms with Crippen LogP contribution in [0.15, 0.2) is 36.4 Å². The maximum Gasteiger partial charge on any atom is 0.225 e. The lowest BCUT2D eigenvalue weighted by Gasteiger charge is -2.17. The Hall–Kier alpha value is -1.65. The second-order valence-electron chi connectivity index (χ2n) is 3.96. The molecule has 0 saturated carbocycles. The van der Waals surface area contributed by atoms with Crippen LogP contribution in [0.2, 0.25) is 10.4 Å². The summed E-state index contributed by atoms with van der Waals surface area (Å²) in [5.74, 6) is 0.503. The van der Waals surface area contributed by atoms with E-state index in [-0.39, 0.29) is 22.8 Å². The molecule has 6 heteroatoms. The Morgan fingerprint density at radius 3 is 2.53 bits per heavy atom. The first-order valence-electron chi connectivity index (χ1n) is 5.56. The van der Waals surface area contributed by atoms with Gasteiger partial charge in [0.05, 0.1) is 6.54 Å². The van der Waals surface area contributed by atoms with E-state index in [1.54, 1.807) is 30.1 Å². The highest BCUT2D eigenvalue weighted by molar-refractivity contribution is 6.32. The van der Waals surface area contributed by atoms with Gasteiger partial charge in [0.2, 0.25) is 5.28 Å². The third-order valence-corrected chi connectivity index (χ3v) is 2.88. The van der Waals surface area contributed by atoms with Crippen molar-refractivity contribution < 1.29 is 4.79 Å². The van der Waals surface area contributed by atoms with E-state index >= 15 is 0 Å². The predicted molar refractivity (Wildman–Crippen MR) is 76.1 cm³/mol. The van der Waals surface area contributed by atoms with Gasteiger partial charge < -0.3 is 4.90 Å². The van der Waals surface area contributed by atoms with Crippen LogP contribution in [0.1, 0.15) is 10.4 Å². The maximum atomic E-state index is 12.0. The number of carbonyl (C=O) groups excluding carboxylic acids is 1. The average Bonchev–Trinajstić information content (AvgIpc) is 2.38. The van der Waals surface area contributed by atoms with Crippen LogP contribution in [0.5, 0.6) is 0 Å². The molecule has 2 rings (SSSR count). The second kappa shape index (κ2) is 5.99. The number of halogens is 2. The summed E-state index contributed by atoms with van der Waals surface area (Å²) in [6, 6.07) is 10.6. The van der Waals surface area contributed by atoms with Crippen molar-refractivity contribution in [3.05, 3.63) is 52.4 Å². The summed E-state index contributed by atoms with van der Waals surface area (Å²) in [7, 11) is 1.75. The molecule has 98 valence electrons. The van der Waals surface area contributed by atoms with Crippen molar-refractivity contribution in [3.8, 4) is 0 Å². The zero-order valence-corrected chi connectivity index (χ0v) is 11.7. The third-order valence-electron chi connectivity index (χ3n) is 2.52. The van der Waals surface area contributed by atoms with Gasteiger partial charge in [-0.3, -0.25) is 4.79 Å². The molecule has 0 radical (unpaired) electrons. The zero-order valence-electron chi connectivity index (χ0n) is 10.2. The van der Waals surface area contributed by atoms with Crippen LogP contribution in [0, 0.1) is 0 Å². The Balaban J connectivity index is 2.13. The van der Waals surface area contributed by atoms with Gasteiger partial charge in [-0.2, -0.15) is 0 Å². The molecule has 0 aliphatic rings. The lowest BCUT2D eigenvalue weighted by molar-refractivity contribution is 0.1000. The zero-order chi connectivity index (χ0) is 13.8. The monoisotopic (exact) mass is 295 g/mol. The van der Waals surface area contributed by atoms with Crippen molar-refractivity contribution in [3.63, 3.8) is 0 Å². The standard InChI is InChI=1S/C13H11Cl2N3O/c1-18(12-7-11(14)16-13(15)17-12)8-10(19)9-5-3-2-4-6-9/h2-7H,8H2,1H3. The van der Waals surface area contributed by atoms with Crippen LogP contribution >= 0.6 is 23.2 Å². The number of likely N-dealkylation sites (N-methyl/N-ethyl adjacent to an activating group) is 1. The fourth-order valence-corrected chi connectivity index (χ4v) is 1.98. The number of carbonyl (C=O) groups is 1. The molecule has 0 spiro atoms. The SMILES string of the molecule is CN(CC(=O)c1ccccc1)c1cc(Cl)nc(Cl)n1. The van der Waals surface area contributed by atoms with Crippen molar-refractivity contribution in [2.24, 2.45) is 0 Å². The third kappa shape index (κ3) is 3.66. The Morgan fingerprint density at radius 2 is 1.89 bits per heavy atom. The quantitative estimate of drug-likeness (QED) is 0.494. The number of rotatable bonds is 4. The van der Waals surface area contributed by atoms with E-state index in [1.165, 1.54) is 0 Å². The van der Waals surface area contributed by atoms with E-state index in [2.05, 4.69) is 9.97 Å². The number of nitrogens with zero attached hydrogens (tertiary/aromatic N) is 3. The average molecular weight is 296 g/mol.